The van der Waals surface area contributed by atoms with Crippen LogP contribution in [-0.2, 0) is 16.1 Å². The lowest BCUT2D eigenvalue weighted by atomic mass is 9.85. The standard InChI is InChI=1S/C26H25FN4O5/c1-14-8-23(20(11-18(14)25(28)34)22-9-15(2)31(29-22)6-7-32)30-13-21(26(35)36)19(12-24(30)33)16-4-3-5-17(27)10-16/h3-5,8-11,13,19,32H,6-7,12H2,1-2H3,(H2,28,34)(H,35,36)/t19-/m0/s1. The number of carboxylic acid groups (broad SMARTS) is 1. The molecule has 0 aliphatic carbocycles. The van der Waals surface area contributed by atoms with Gasteiger partial charge in [0.2, 0.25) is 11.8 Å². The third-order valence-electron chi connectivity index (χ3n) is 6.23. The first kappa shape index (κ1) is 24.8. The van der Waals surface area contributed by atoms with Gasteiger partial charge in [0.25, 0.3) is 0 Å². The number of aliphatic hydroxyl groups is 1. The number of amides is 2. The molecule has 0 saturated carbocycles. The van der Waals surface area contributed by atoms with Gasteiger partial charge < -0.3 is 15.9 Å². The number of benzene rings is 2. The number of aliphatic carboxylic acids is 1. The Kier molecular flexibility index (Phi) is 6.71. The van der Waals surface area contributed by atoms with Crippen LogP contribution in [0, 0.1) is 19.7 Å². The fourth-order valence-corrected chi connectivity index (χ4v) is 4.44. The van der Waals surface area contributed by atoms with E-state index in [-0.39, 0.29) is 30.7 Å². The Morgan fingerprint density at radius 2 is 1.94 bits per heavy atom. The average Bonchev–Trinajstić information content (AvgIpc) is 3.18. The highest BCUT2D eigenvalue weighted by atomic mass is 19.1. The molecule has 4 N–H and O–H groups in total. The average molecular weight is 493 g/mol. The molecule has 36 heavy (non-hydrogen) atoms. The van der Waals surface area contributed by atoms with Crippen LogP contribution in [0.1, 0.15) is 39.5 Å². The number of aromatic nitrogens is 2. The van der Waals surface area contributed by atoms with Crippen molar-refractivity contribution in [2.75, 3.05) is 11.5 Å². The summed E-state index contributed by atoms with van der Waals surface area (Å²) < 4.78 is 15.4. The van der Waals surface area contributed by atoms with E-state index in [1.165, 1.54) is 35.4 Å². The smallest absolute Gasteiger partial charge is 0.333 e. The van der Waals surface area contributed by atoms with Crippen LogP contribution in [0.2, 0.25) is 0 Å². The van der Waals surface area contributed by atoms with Gasteiger partial charge in [-0.3, -0.25) is 19.2 Å². The van der Waals surface area contributed by atoms with E-state index in [0.717, 1.165) is 5.69 Å². The summed E-state index contributed by atoms with van der Waals surface area (Å²) >= 11 is 0. The van der Waals surface area contributed by atoms with E-state index in [0.29, 0.717) is 28.1 Å². The molecule has 0 spiro atoms. The number of rotatable bonds is 7. The minimum atomic E-state index is -1.24. The zero-order chi connectivity index (χ0) is 26.1. The van der Waals surface area contributed by atoms with Crippen molar-refractivity contribution in [2.24, 2.45) is 5.73 Å². The van der Waals surface area contributed by atoms with Gasteiger partial charge in [-0.15, -0.1) is 0 Å². The molecule has 10 heteroatoms. The number of nitrogens with zero attached hydrogens (tertiary/aromatic N) is 3. The second-order valence-electron chi connectivity index (χ2n) is 8.63. The predicted octanol–water partition coefficient (Wildman–Crippen LogP) is 2.89. The first-order chi connectivity index (χ1) is 17.1. The molecule has 9 nitrogen and oxygen atoms in total. The summed E-state index contributed by atoms with van der Waals surface area (Å²) in [6.45, 7) is 3.57. The van der Waals surface area contributed by atoms with Crippen LogP contribution in [0.4, 0.5) is 10.1 Å². The molecule has 1 aliphatic rings. The molecular weight excluding hydrogens is 467 g/mol. The van der Waals surface area contributed by atoms with Crippen LogP contribution in [0.3, 0.4) is 0 Å². The number of hydrogen-bond donors (Lipinski definition) is 3. The molecule has 1 aromatic heterocycles. The summed E-state index contributed by atoms with van der Waals surface area (Å²) in [6.07, 6.45) is 1.04. The maximum Gasteiger partial charge on any atom is 0.333 e. The molecular formula is C26H25FN4O5. The van der Waals surface area contributed by atoms with E-state index in [4.69, 9.17) is 5.73 Å². The van der Waals surface area contributed by atoms with Crippen molar-refractivity contribution in [3.63, 3.8) is 0 Å². The summed E-state index contributed by atoms with van der Waals surface area (Å²) in [4.78, 5) is 38.8. The van der Waals surface area contributed by atoms with E-state index in [1.54, 1.807) is 36.7 Å². The zero-order valence-corrected chi connectivity index (χ0v) is 19.7. The molecule has 0 bridgehead atoms. The SMILES string of the molecule is Cc1cc(N2C=C(C(=O)O)[C@H](c3cccc(F)c3)CC2=O)c(-c2cc(C)n(CCO)n2)cc1C(N)=O. The van der Waals surface area contributed by atoms with E-state index < -0.39 is 29.5 Å². The van der Waals surface area contributed by atoms with Gasteiger partial charge in [0.1, 0.15) is 5.82 Å². The highest BCUT2D eigenvalue weighted by Gasteiger charge is 2.34. The second-order valence-corrected chi connectivity index (χ2v) is 8.63. The molecule has 2 amide bonds. The highest BCUT2D eigenvalue weighted by molar-refractivity contribution is 6.06. The minimum absolute atomic E-state index is 0.0789. The number of aliphatic hydroxyl groups excluding tert-OH is 1. The van der Waals surface area contributed by atoms with Crippen LogP contribution in [0.15, 0.2) is 54.2 Å². The molecule has 0 radical (unpaired) electrons. The van der Waals surface area contributed by atoms with Crippen LogP contribution in [0.25, 0.3) is 11.3 Å². The first-order valence-corrected chi connectivity index (χ1v) is 11.2. The predicted molar refractivity (Wildman–Crippen MR) is 130 cm³/mol. The fourth-order valence-electron chi connectivity index (χ4n) is 4.44. The third kappa shape index (κ3) is 4.63. The van der Waals surface area contributed by atoms with Gasteiger partial charge in [-0.2, -0.15) is 5.10 Å². The number of aryl methyl sites for hydroxylation is 2. The maximum atomic E-state index is 13.8. The Hall–Kier alpha value is -4.31. The molecule has 186 valence electrons. The molecule has 0 saturated heterocycles. The number of carbonyl (C=O) groups excluding carboxylic acids is 2. The Labute approximate surface area is 206 Å². The number of halogens is 1. The number of carbonyl (C=O) groups is 3. The van der Waals surface area contributed by atoms with Gasteiger partial charge in [0, 0.05) is 35.4 Å². The van der Waals surface area contributed by atoms with Crippen LogP contribution >= 0.6 is 0 Å². The largest absolute Gasteiger partial charge is 0.478 e. The molecule has 2 aromatic carbocycles. The van der Waals surface area contributed by atoms with Gasteiger partial charge in [0.05, 0.1) is 30.1 Å². The molecule has 1 aliphatic heterocycles. The Bertz CT molecular complexity index is 1410. The monoisotopic (exact) mass is 492 g/mol. The van der Waals surface area contributed by atoms with Crippen LogP contribution in [-0.4, -0.2) is 44.4 Å². The third-order valence-corrected chi connectivity index (χ3v) is 6.23. The van der Waals surface area contributed by atoms with Crippen molar-refractivity contribution in [1.82, 2.24) is 9.78 Å². The quantitative estimate of drug-likeness (QED) is 0.464. The van der Waals surface area contributed by atoms with Gasteiger partial charge in [-0.1, -0.05) is 12.1 Å². The molecule has 4 rings (SSSR count). The number of carboxylic acids is 1. The van der Waals surface area contributed by atoms with Crippen LogP contribution < -0.4 is 10.6 Å². The second kappa shape index (κ2) is 9.74. The molecule has 0 fully saturated rings. The van der Waals surface area contributed by atoms with Gasteiger partial charge >= 0.3 is 5.97 Å². The maximum absolute atomic E-state index is 13.8. The first-order valence-electron chi connectivity index (χ1n) is 11.2. The van der Waals surface area contributed by atoms with Crippen molar-refractivity contribution >= 4 is 23.5 Å². The van der Waals surface area contributed by atoms with E-state index in [2.05, 4.69) is 5.10 Å². The van der Waals surface area contributed by atoms with E-state index >= 15 is 0 Å². The van der Waals surface area contributed by atoms with Crippen molar-refractivity contribution in [2.45, 2.75) is 32.7 Å². The molecule has 2 heterocycles. The topological polar surface area (TPSA) is 139 Å². The number of hydrogen-bond acceptors (Lipinski definition) is 5. The molecule has 1 atom stereocenters. The summed E-state index contributed by atoms with van der Waals surface area (Å²) in [5.74, 6) is -3.67. The number of primary amides is 1. The summed E-state index contributed by atoms with van der Waals surface area (Å²) in [5.41, 5.74) is 8.47. The Morgan fingerprint density at radius 1 is 1.19 bits per heavy atom. The summed E-state index contributed by atoms with van der Waals surface area (Å²) in [6, 6.07) is 10.4. The van der Waals surface area contributed by atoms with Crippen molar-refractivity contribution in [3.05, 3.63) is 82.4 Å². The van der Waals surface area contributed by atoms with Crippen molar-refractivity contribution in [1.29, 1.82) is 0 Å². The summed E-state index contributed by atoms with van der Waals surface area (Å²) in [7, 11) is 0. The normalized spacial score (nSPS) is 15.7. The zero-order valence-electron chi connectivity index (χ0n) is 19.7. The lowest BCUT2D eigenvalue weighted by Gasteiger charge is -2.31. The lowest BCUT2D eigenvalue weighted by molar-refractivity contribution is -0.133. The van der Waals surface area contributed by atoms with Gasteiger partial charge in [0.15, 0.2) is 0 Å². The van der Waals surface area contributed by atoms with Gasteiger partial charge in [-0.05, 0) is 55.3 Å². The Morgan fingerprint density at radius 3 is 2.58 bits per heavy atom. The summed E-state index contributed by atoms with van der Waals surface area (Å²) in [5, 5.41) is 23.8. The van der Waals surface area contributed by atoms with Crippen molar-refractivity contribution < 1.29 is 29.0 Å². The fraction of sp³-hybridized carbons (Fsp3) is 0.231. The highest BCUT2D eigenvalue weighted by Crippen LogP contribution is 2.39. The molecule has 0 unspecified atom stereocenters. The Balaban J connectivity index is 1.90. The minimum Gasteiger partial charge on any atom is -0.478 e. The van der Waals surface area contributed by atoms with Crippen LogP contribution in [0.5, 0.6) is 0 Å². The number of anilines is 1. The van der Waals surface area contributed by atoms with Gasteiger partial charge in [-0.25, -0.2) is 9.18 Å². The lowest BCUT2D eigenvalue weighted by Crippen LogP contribution is -2.35. The number of nitrogens with two attached hydrogens (primary N) is 1. The van der Waals surface area contributed by atoms with E-state index in [1.807, 2.05) is 0 Å². The van der Waals surface area contributed by atoms with Crippen molar-refractivity contribution in [3.8, 4) is 11.3 Å². The molecule has 3 aromatic rings. The van der Waals surface area contributed by atoms with E-state index in [9.17, 15) is 29.0 Å².